The smallest absolute Gasteiger partial charge is 0.148 e. The molecule has 0 aliphatic rings. The van der Waals surface area contributed by atoms with E-state index in [1.54, 1.807) is 65.2 Å². The van der Waals surface area contributed by atoms with Gasteiger partial charge < -0.3 is 5.11 Å². The third kappa shape index (κ3) is 7.44. The Morgan fingerprint density at radius 3 is 2.13 bits per heavy atom. The van der Waals surface area contributed by atoms with Crippen LogP contribution in [-0.2, 0) is 31.9 Å². The second kappa shape index (κ2) is 14.9. The minimum Gasteiger partial charge on any atom is -0.507 e. The van der Waals surface area contributed by atoms with Crippen LogP contribution in [0.1, 0.15) is 71.6 Å². The number of fused-ring (bicyclic) bond motifs is 1. The normalized spacial score (nSPS) is 16.1. The van der Waals surface area contributed by atoms with Crippen molar-refractivity contribution < 1.29 is 45.4 Å². The van der Waals surface area contributed by atoms with Gasteiger partial charge in [-0.2, -0.15) is 0 Å². The molecule has 0 fully saturated rings. The molecule has 0 aliphatic heterocycles. The Bertz CT molecular complexity index is 3200. The van der Waals surface area contributed by atoms with E-state index in [2.05, 4.69) is 11.1 Å². The summed E-state index contributed by atoms with van der Waals surface area (Å²) in [5.41, 5.74) is 1.77. The quantitative estimate of drug-likeness (QED) is 0.169. The second-order valence-electron chi connectivity index (χ2n) is 14.2. The van der Waals surface area contributed by atoms with Crippen molar-refractivity contribution in [3.63, 3.8) is 0 Å². The Morgan fingerprint density at radius 1 is 0.655 bits per heavy atom. The molecule has 0 aliphatic carbocycles. The maximum Gasteiger partial charge on any atom is 0.148 e. The molecule has 8 aromatic rings. The summed E-state index contributed by atoms with van der Waals surface area (Å²) in [7, 11) is 0. The van der Waals surface area contributed by atoms with Crippen molar-refractivity contribution in [3.8, 4) is 67.5 Å². The maximum absolute atomic E-state index is 11.4. The Kier molecular flexibility index (Phi) is 6.53. The van der Waals surface area contributed by atoms with E-state index >= 15 is 0 Å². The van der Waals surface area contributed by atoms with Crippen molar-refractivity contribution in [1.82, 2.24) is 14.5 Å². The molecule has 276 valence electrons. The van der Waals surface area contributed by atoms with Crippen molar-refractivity contribution in [2.45, 2.75) is 52.2 Å². The summed E-state index contributed by atoms with van der Waals surface area (Å²) in [5.74, 6) is 0.146. The fraction of sp³-hybridized carbons (Fsp3) is 0.160. The largest absolute Gasteiger partial charge is 0.507 e. The first-order chi connectivity index (χ1) is 31.8. The Morgan fingerprint density at radius 2 is 1.38 bits per heavy atom. The molecule has 1 N–H and O–H groups in total. The number of hydrogen-bond donors (Lipinski definition) is 1. The van der Waals surface area contributed by atoms with Crippen LogP contribution >= 0.6 is 0 Å². The standard InChI is InChI=1S/C50H44N3O.Pt/c1-49(2,3)38-24-25-44(42(32-38)34-18-11-8-12-19-34)53-45-22-15-21-40(47(45)52-48(53)41-20-13-14-23-46(41)54)36-28-37(30-39(29-36)50(4,5)6)43-31-35(26-27-51-43)33-16-9-7-10-17-33;/h7-27,29-32,54H,1-6H3;/q-1;/i1D3,2D3,3D3,7D,9D,10D,16D,17D;. The summed E-state index contributed by atoms with van der Waals surface area (Å²) in [6.45, 7) is -4.39. The van der Waals surface area contributed by atoms with Crippen LogP contribution in [0.4, 0.5) is 0 Å². The Labute approximate surface area is 358 Å². The molecule has 0 bridgehead atoms. The fourth-order valence-electron chi connectivity index (χ4n) is 6.63. The zero-order valence-corrected chi connectivity index (χ0v) is 32.4. The fourth-order valence-corrected chi connectivity index (χ4v) is 6.63. The first-order valence-electron chi connectivity index (χ1n) is 24.4. The van der Waals surface area contributed by atoms with E-state index < -0.39 is 55.1 Å². The third-order valence-corrected chi connectivity index (χ3v) is 9.44. The van der Waals surface area contributed by atoms with Crippen molar-refractivity contribution in [1.29, 1.82) is 0 Å². The first-order valence-corrected chi connectivity index (χ1v) is 17.4. The van der Waals surface area contributed by atoms with Crippen LogP contribution in [0.25, 0.3) is 72.7 Å². The third-order valence-electron chi connectivity index (χ3n) is 9.44. The molecule has 8 rings (SSSR count). The molecule has 0 unspecified atom stereocenters. The molecule has 6 aromatic carbocycles. The van der Waals surface area contributed by atoms with Gasteiger partial charge in [-0.3, -0.25) is 9.55 Å². The molecule has 0 spiro atoms. The number of aromatic hydroxyl groups is 1. The predicted molar refractivity (Wildman–Crippen MR) is 224 cm³/mol. The van der Waals surface area contributed by atoms with Crippen molar-refractivity contribution >= 4 is 11.0 Å². The van der Waals surface area contributed by atoms with Gasteiger partial charge >= 0.3 is 0 Å². The molecule has 0 atom stereocenters. The van der Waals surface area contributed by atoms with E-state index in [4.69, 9.17) is 24.2 Å². The summed E-state index contributed by atoms with van der Waals surface area (Å²) >= 11 is 0. The zero-order chi connectivity index (χ0) is 49.5. The number of imidazole rings is 1. The van der Waals surface area contributed by atoms with E-state index in [1.807, 2.05) is 51.1 Å². The van der Waals surface area contributed by atoms with Gasteiger partial charge in [-0.15, -0.1) is 29.3 Å². The molecule has 4 nitrogen and oxygen atoms in total. The SMILES string of the molecule is [2H]c1c([2H])c([2H])c(-c2ccnc(-c3[c-]c(-c4cccc5c4nc(-c4ccccc4O)n5-c4ccc(C(C([2H])([2H])[2H])(C([2H])([2H])[2H])C([2H])([2H])[2H])cc4-c4ccccc4)cc(C(C)(C)C)c3)c2)c([2H])c1[2H].[Pt]. The van der Waals surface area contributed by atoms with Crippen molar-refractivity contribution in [2.24, 2.45) is 0 Å². The van der Waals surface area contributed by atoms with Gasteiger partial charge in [0.15, 0.2) is 0 Å². The van der Waals surface area contributed by atoms with Gasteiger partial charge in [0.2, 0.25) is 0 Å². The molecule has 5 heteroatoms. The zero-order valence-electron chi connectivity index (χ0n) is 44.2. The molecule has 0 saturated carbocycles. The maximum atomic E-state index is 11.4. The van der Waals surface area contributed by atoms with Crippen LogP contribution in [-0.4, -0.2) is 19.6 Å². The average molecular weight is 912 g/mol. The average Bonchev–Trinajstić information content (AvgIpc) is 3.66. The molecule has 2 aromatic heterocycles. The van der Waals surface area contributed by atoms with Gasteiger partial charge in [0, 0.05) is 50.9 Å². The van der Waals surface area contributed by atoms with E-state index in [-0.39, 0.29) is 50.3 Å². The number of pyridine rings is 1. The number of benzene rings is 6. The van der Waals surface area contributed by atoms with Gasteiger partial charge in [0.05, 0.1) is 29.1 Å². The van der Waals surface area contributed by atoms with Gasteiger partial charge in [-0.25, -0.2) is 4.98 Å². The van der Waals surface area contributed by atoms with E-state index in [9.17, 15) is 5.11 Å². The molecule has 2 heterocycles. The summed E-state index contributed by atoms with van der Waals surface area (Å²) in [6, 6.07) is 33.5. The van der Waals surface area contributed by atoms with Crippen LogP contribution in [0.2, 0.25) is 0 Å². The van der Waals surface area contributed by atoms with Crippen LogP contribution in [0.3, 0.4) is 0 Å². The predicted octanol–water partition coefficient (Wildman–Crippen LogP) is 12.9. The summed E-state index contributed by atoms with van der Waals surface area (Å²) in [4.78, 5) is 9.87. The molecular formula is C50H44N3OPt-. The Hall–Kier alpha value is -5.57. The number of phenolic OH excluding ortho intramolecular Hbond substituents is 1. The van der Waals surface area contributed by atoms with E-state index in [0.717, 1.165) is 5.56 Å². The molecule has 55 heavy (non-hydrogen) atoms. The van der Waals surface area contributed by atoms with Gasteiger partial charge in [-0.05, 0) is 69.5 Å². The number of aromatic nitrogens is 3. The van der Waals surface area contributed by atoms with Gasteiger partial charge in [-0.1, -0.05) is 149 Å². The molecular weight excluding hydrogens is 854 g/mol. The summed E-state index contributed by atoms with van der Waals surface area (Å²) in [5, 5.41) is 11.4. The van der Waals surface area contributed by atoms with Crippen molar-refractivity contribution in [2.75, 3.05) is 0 Å². The minimum absolute atomic E-state index is 0. The van der Waals surface area contributed by atoms with E-state index in [0.29, 0.717) is 61.4 Å². The molecule has 0 radical (unpaired) electrons. The number of hydrogen-bond acceptors (Lipinski definition) is 3. The monoisotopic (exact) mass is 911 g/mol. The van der Waals surface area contributed by atoms with Crippen molar-refractivity contribution in [3.05, 3.63) is 169 Å². The van der Waals surface area contributed by atoms with Crippen LogP contribution in [0.15, 0.2) is 152 Å². The number of nitrogens with zero attached hydrogens (tertiary/aromatic N) is 3. The molecule has 0 amide bonds. The Balaban J connectivity index is 0.00000703. The second-order valence-corrected chi connectivity index (χ2v) is 14.2. The molecule has 0 saturated heterocycles. The van der Waals surface area contributed by atoms with Crippen LogP contribution in [0.5, 0.6) is 5.75 Å². The first kappa shape index (κ1) is 24.0. The number of phenols is 1. The van der Waals surface area contributed by atoms with Gasteiger partial charge in [0.1, 0.15) is 11.6 Å². The number of rotatable bonds is 6. The topological polar surface area (TPSA) is 50.9 Å². The van der Waals surface area contributed by atoms with Crippen LogP contribution < -0.4 is 0 Å². The van der Waals surface area contributed by atoms with Gasteiger partial charge in [0.25, 0.3) is 0 Å². The van der Waals surface area contributed by atoms with E-state index in [1.165, 1.54) is 30.5 Å². The summed E-state index contributed by atoms with van der Waals surface area (Å²) < 4.78 is 120. The number of para-hydroxylation sites is 2. The summed E-state index contributed by atoms with van der Waals surface area (Å²) in [6.07, 6.45) is 1.51. The van der Waals surface area contributed by atoms with Crippen LogP contribution in [0, 0.1) is 6.07 Å². The minimum atomic E-state index is -3.51.